The number of hydrogen-bond donors (Lipinski definition) is 0. The zero-order valence-electron chi connectivity index (χ0n) is 71.4. The van der Waals surface area contributed by atoms with Gasteiger partial charge in [0, 0.05) is 142 Å². The van der Waals surface area contributed by atoms with Crippen LogP contribution >= 0.6 is 0 Å². The van der Waals surface area contributed by atoms with E-state index in [9.17, 15) is 0 Å². The number of benzene rings is 10. The summed E-state index contributed by atoms with van der Waals surface area (Å²) in [5, 5.41) is 11.1. The normalized spacial score (nSPS) is 11.6. The minimum atomic E-state index is 0.699. The van der Waals surface area contributed by atoms with Gasteiger partial charge in [-0.15, -0.1) is 0 Å². The lowest BCUT2D eigenvalue weighted by atomic mass is 9.96. The number of hydrogen-bond acceptors (Lipinski definition) is 8. The largest absolute Gasteiger partial charge is 0.456 e. The highest BCUT2D eigenvalue weighted by atomic mass is 16.4. The molecule has 594 valence electrons. The highest BCUT2D eigenvalue weighted by Gasteiger charge is 2.30. The molecule has 12 aromatic heterocycles. The standard InChI is InChI=1S/C32H24NO2.3C26H23N2O/c1-19-16-18-28-31(23-10-5-7-14-27(23)34-28)29(19)24-11-8-12-25(33(24)3)30-20(2)15-17-22-21-9-4-6-13-26(21)35-32(22)30;1-16-8-5-6-9-19(16)21-10-7-11-22(28(21)4)24-17(2)12-15-23-25(24)20-14-13-18(3)27-26(20)29-23;1-16-8-5-6-9-19(16)23-10-7-11-24(28(23)4)21-15-22-20-13-12-18(3)27-26(20)29-25(22)14-17(21)2;1-16-8-5-6-9-19(16)23-10-7-11-24(28(23)4)21-15-25-22(14-17(21)2)20-13-12-18(3)27-26(20)29-25/h4-18H,1-3H3;3*5-15H,1-4H3/q4*+1. The van der Waals surface area contributed by atoms with Gasteiger partial charge in [0.05, 0.1) is 22.3 Å². The van der Waals surface area contributed by atoms with Crippen LogP contribution in [0.2, 0.25) is 0 Å². The van der Waals surface area contributed by atoms with Crippen LogP contribution in [0.1, 0.15) is 61.6 Å². The molecule has 0 atom stereocenters. The summed E-state index contributed by atoms with van der Waals surface area (Å²) >= 11 is 0. The summed E-state index contributed by atoms with van der Waals surface area (Å²) in [6, 6.07) is 102. The summed E-state index contributed by atoms with van der Waals surface area (Å²) in [5.74, 6) is 0. The Morgan fingerprint density at radius 2 is 0.541 bits per heavy atom. The molecule has 12 nitrogen and oxygen atoms in total. The Labute approximate surface area is 708 Å². The topological polar surface area (TPSA) is 120 Å². The minimum Gasteiger partial charge on any atom is -0.456 e. The number of para-hydroxylation sites is 2. The van der Waals surface area contributed by atoms with E-state index in [4.69, 9.17) is 22.1 Å². The van der Waals surface area contributed by atoms with Crippen molar-refractivity contribution in [1.82, 2.24) is 15.0 Å². The molecule has 12 heterocycles. The molecule has 0 N–H and O–H groups in total. The Morgan fingerprint density at radius 1 is 0.197 bits per heavy atom. The van der Waals surface area contributed by atoms with Crippen LogP contribution in [0.3, 0.4) is 0 Å². The SMILES string of the molecule is Cc1ccc2c(n1)oc1cc(-c3cccc(-c4ccccc4C)[n+]3C)c(C)cc12.Cc1ccc2c(n1)oc1cc(C)c(-c3cccc(-c4ccccc4C)[n+]3C)cc12.Cc1ccc2c(n1)oc1ccc(C)c(-c3cccc(-c4ccccc4C)[n+]3C)c12.Cc1ccc2c(oc3ccccc32)c1-c1cccc(-c2c(C)ccc3oc4ccccc4c23)[n+]1C. The van der Waals surface area contributed by atoms with Crippen molar-refractivity contribution in [3.63, 3.8) is 0 Å². The molecule has 12 heteroatoms. The molecule has 22 rings (SSSR count). The van der Waals surface area contributed by atoms with Crippen LogP contribution in [0.15, 0.2) is 313 Å². The number of rotatable bonds is 8. The third-order valence-electron chi connectivity index (χ3n) is 24.5. The fourth-order valence-electron chi connectivity index (χ4n) is 18.1. The average Bonchev–Trinajstić information content (AvgIpc) is 1.59. The average molecular weight is 1590 g/mol. The molecule has 0 aliphatic carbocycles. The number of furan rings is 5. The van der Waals surface area contributed by atoms with Crippen LogP contribution in [0.5, 0.6) is 0 Å². The molecule has 0 fully saturated rings. The molecular weight excluding hydrogens is 1500 g/mol. The number of aryl methyl sites for hydroxylation is 11. The fraction of sp³-hybridized carbons (Fsp3) is 0.136. The van der Waals surface area contributed by atoms with E-state index in [1.165, 1.54) is 106 Å². The molecular formula is C110H93N7O5+4. The molecule has 122 heavy (non-hydrogen) atoms. The Balaban J connectivity index is 0.000000108. The first kappa shape index (κ1) is 77.2. The third-order valence-corrected chi connectivity index (χ3v) is 24.5. The first-order valence-corrected chi connectivity index (χ1v) is 41.6. The van der Waals surface area contributed by atoms with Crippen molar-refractivity contribution >= 4 is 110 Å². The smallest absolute Gasteiger partial charge is 0.227 e. The summed E-state index contributed by atoms with van der Waals surface area (Å²) in [4.78, 5) is 13.7. The van der Waals surface area contributed by atoms with E-state index in [-0.39, 0.29) is 0 Å². The molecule has 0 radical (unpaired) electrons. The zero-order valence-corrected chi connectivity index (χ0v) is 71.4. The van der Waals surface area contributed by atoms with Crippen molar-refractivity contribution < 1.29 is 40.4 Å². The molecule has 0 saturated heterocycles. The van der Waals surface area contributed by atoms with E-state index in [1.807, 2.05) is 63.2 Å². The summed E-state index contributed by atoms with van der Waals surface area (Å²) in [6.45, 7) is 23.2. The van der Waals surface area contributed by atoms with Gasteiger partial charge in [0.1, 0.15) is 67.3 Å². The van der Waals surface area contributed by atoms with E-state index < -0.39 is 0 Å². The first-order valence-electron chi connectivity index (χ1n) is 41.6. The van der Waals surface area contributed by atoms with Crippen molar-refractivity contribution in [2.24, 2.45) is 28.2 Å². The van der Waals surface area contributed by atoms with Crippen LogP contribution in [0, 0.1) is 76.2 Å². The van der Waals surface area contributed by atoms with Crippen LogP contribution in [0.4, 0.5) is 0 Å². The Bertz CT molecular complexity index is 7970. The first-order chi connectivity index (χ1) is 59.2. The lowest BCUT2D eigenvalue weighted by Crippen LogP contribution is -2.34. The number of nitrogens with zero attached hydrogens (tertiary/aromatic N) is 7. The maximum absolute atomic E-state index is 6.43. The summed E-state index contributed by atoms with van der Waals surface area (Å²) in [7, 11) is 8.55. The second-order valence-electron chi connectivity index (χ2n) is 32.5. The maximum Gasteiger partial charge on any atom is 0.227 e. The van der Waals surface area contributed by atoms with Gasteiger partial charge in [0.25, 0.3) is 0 Å². The Kier molecular flexibility index (Phi) is 19.7. The van der Waals surface area contributed by atoms with Crippen molar-refractivity contribution in [2.45, 2.75) is 76.2 Å². The van der Waals surface area contributed by atoms with Crippen LogP contribution in [-0.2, 0) is 28.2 Å². The van der Waals surface area contributed by atoms with Gasteiger partial charge in [0.2, 0.25) is 62.7 Å². The lowest BCUT2D eigenvalue weighted by molar-refractivity contribution is -0.649. The van der Waals surface area contributed by atoms with Gasteiger partial charge in [0.15, 0.2) is 0 Å². The zero-order chi connectivity index (χ0) is 84.0. The molecule has 0 aliphatic heterocycles. The highest BCUT2D eigenvalue weighted by Crippen LogP contribution is 2.44. The maximum atomic E-state index is 6.43. The molecule has 0 aliphatic rings. The molecule has 0 bridgehead atoms. The van der Waals surface area contributed by atoms with E-state index in [0.29, 0.717) is 17.1 Å². The van der Waals surface area contributed by atoms with Crippen LogP contribution in [-0.4, -0.2) is 15.0 Å². The monoisotopic (exact) mass is 1590 g/mol. The van der Waals surface area contributed by atoms with Crippen LogP contribution < -0.4 is 18.3 Å². The van der Waals surface area contributed by atoms with Crippen molar-refractivity contribution in [2.75, 3.05) is 0 Å². The predicted molar refractivity (Wildman–Crippen MR) is 496 cm³/mol. The van der Waals surface area contributed by atoms with Gasteiger partial charge in [-0.05, 0) is 248 Å². The molecule has 0 saturated carbocycles. The number of pyridine rings is 7. The van der Waals surface area contributed by atoms with Gasteiger partial charge >= 0.3 is 0 Å². The Hall–Kier alpha value is -14.8. The number of fused-ring (bicyclic) bond motifs is 15. The molecule has 0 unspecified atom stereocenters. The Morgan fingerprint density at radius 3 is 1.06 bits per heavy atom. The quantitative estimate of drug-likeness (QED) is 0.138. The minimum absolute atomic E-state index is 0.699. The van der Waals surface area contributed by atoms with E-state index in [2.05, 4.69) is 366 Å². The molecule has 0 amide bonds. The third kappa shape index (κ3) is 13.6. The summed E-state index contributed by atoms with van der Waals surface area (Å²) < 4.78 is 40.0. The van der Waals surface area contributed by atoms with Gasteiger partial charge in [-0.1, -0.05) is 115 Å². The molecule has 22 aromatic rings. The predicted octanol–water partition coefficient (Wildman–Crippen LogP) is 26.5. The van der Waals surface area contributed by atoms with Crippen molar-refractivity contribution in [1.29, 1.82) is 0 Å². The van der Waals surface area contributed by atoms with E-state index >= 15 is 0 Å². The van der Waals surface area contributed by atoms with Crippen LogP contribution in [0.25, 0.3) is 200 Å². The second-order valence-corrected chi connectivity index (χ2v) is 32.5. The van der Waals surface area contributed by atoms with E-state index in [1.54, 1.807) is 0 Å². The van der Waals surface area contributed by atoms with Gasteiger partial charge in [-0.2, -0.15) is 18.3 Å². The highest BCUT2D eigenvalue weighted by molar-refractivity contribution is 6.15. The van der Waals surface area contributed by atoms with Crippen molar-refractivity contribution in [3.8, 4) is 90.1 Å². The number of aromatic nitrogens is 7. The lowest BCUT2D eigenvalue weighted by Gasteiger charge is -2.11. The van der Waals surface area contributed by atoms with Crippen molar-refractivity contribution in [3.05, 3.63) is 353 Å². The van der Waals surface area contributed by atoms with E-state index in [0.717, 1.165) is 138 Å². The van der Waals surface area contributed by atoms with Gasteiger partial charge in [-0.25, -0.2) is 15.0 Å². The van der Waals surface area contributed by atoms with Gasteiger partial charge < -0.3 is 22.1 Å². The summed E-state index contributed by atoms with van der Waals surface area (Å²) in [6.07, 6.45) is 0. The summed E-state index contributed by atoms with van der Waals surface area (Å²) in [5.41, 5.74) is 40.2. The molecule has 0 spiro atoms. The fourth-order valence-corrected chi connectivity index (χ4v) is 18.1. The second kappa shape index (κ2) is 31.2. The molecule has 10 aromatic carbocycles. The van der Waals surface area contributed by atoms with Gasteiger partial charge in [-0.3, -0.25) is 0 Å².